The third-order valence-corrected chi connectivity index (χ3v) is 6.41. The number of esters is 1. The van der Waals surface area contributed by atoms with Crippen molar-refractivity contribution in [1.29, 1.82) is 0 Å². The fourth-order valence-electron chi connectivity index (χ4n) is 3.81. The second-order valence-corrected chi connectivity index (χ2v) is 8.35. The first-order valence-electron chi connectivity index (χ1n) is 8.27. The number of rotatable bonds is 5. The molecule has 3 aliphatic rings. The summed E-state index contributed by atoms with van der Waals surface area (Å²) in [6.07, 6.45) is 4.72. The van der Waals surface area contributed by atoms with E-state index < -0.39 is 5.41 Å². The third-order valence-electron chi connectivity index (χ3n) is 5.33. The van der Waals surface area contributed by atoms with Crippen LogP contribution in [0.1, 0.15) is 40.2 Å². The van der Waals surface area contributed by atoms with Crippen LogP contribution in [-0.4, -0.2) is 25.0 Å². The van der Waals surface area contributed by atoms with Crippen molar-refractivity contribution in [2.75, 3.05) is 13.2 Å². The van der Waals surface area contributed by atoms with Gasteiger partial charge in [0.2, 0.25) is 0 Å². The Morgan fingerprint density at radius 1 is 1.43 bits per heavy atom. The summed E-state index contributed by atoms with van der Waals surface area (Å²) in [5.41, 5.74) is 0.703. The predicted molar refractivity (Wildman–Crippen MR) is 88.3 cm³/mol. The number of cyclic esters (lactones) is 1. The van der Waals surface area contributed by atoms with E-state index in [2.05, 4.69) is 11.9 Å². The number of hydrogen-bond donors (Lipinski definition) is 1. The SMILES string of the molecule is C=C1CC2COC(=O)C2(Cc2ccc(C(=O)NCC3CC3)s2)C1. The molecule has 2 heterocycles. The molecule has 0 spiro atoms. The minimum atomic E-state index is -0.441. The molecular weight excluding hydrogens is 310 g/mol. The van der Waals surface area contributed by atoms with E-state index in [1.807, 2.05) is 12.1 Å². The van der Waals surface area contributed by atoms with Crippen LogP contribution < -0.4 is 5.32 Å². The zero-order chi connectivity index (χ0) is 16.0. The highest BCUT2D eigenvalue weighted by Crippen LogP contribution is 2.52. The molecule has 1 aromatic heterocycles. The molecule has 2 atom stereocenters. The largest absolute Gasteiger partial charge is 0.465 e. The van der Waals surface area contributed by atoms with Crippen molar-refractivity contribution in [3.8, 4) is 0 Å². The number of thiophene rings is 1. The van der Waals surface area contributed by atoms with Crippen LogP contribution in [0.3, 0.4) is 0 Å². The van der Waals surface area contributed by atoms with Gasteiger partial charge < -0.3 is 10.1 Å². The molecule has 1 N–H and O–H groups in total. The number of amides is 1. The summed E-state index contributed by atoms with van der Waals surface area (Å²) < 4.78 is 5.32. The maximum atomic E-state index is 12.3. The van der Waals surface area contributed by atoms with Gasteiger partial charge >= 0.3 is 5.97 Å². The Bertz CT molecular complexity index is 676. The van der Waals surface area contributed by atoms with Gasteiger partial charge in [-0.3, -0.25) is 9.59 Å². The molecule has 0 radical (unpaired) electrons. The van der Waals surface area contributed by atoms with Crippen molar-refractivity contribution in [1.82, 2.24) is 5.32 Å². The maximum Gasteiger partial charge on any atom is 0.313 e. The topological polar surface area (TPSA) is 55.4 Å². The summed E-state index contributed by atoms with van der Waals surface area (Å²) in [5, 5.41) is 2.99. The van der Waals surface area contributed by atoms with E-state index >= 15 is 0 Å². The van der Waals surface area contributed by atoms with Crippen molar-refractivity contribution in [2.45, 2.75) is 32.1 Å². The average molecular weight is 331 g/mol. The molecule has 2 saturated carbocycles. The third kappa shape index (κ3) is 2.71. The van der Waals surface area contributed by atoms with E-state index in [-0.39, 0.29) is 17.8 Å². The molecule has 0 bridgehead atoms. The van der Waals surface area contributed by atoms with E-state index in [9.17, 15) is 9.59 Å². The number of carbonyl (C=O) groups excluding carboxylic acids is 2. The Balaban J connectivity index is 1.47. The Morgan fingerprint density at radius 2 is 2.26 bits per heavy atom. The van der Waals surface area contributed by atoms with Gasteiger partial charge in [-0.25, -0.2) is 0 Å². The average Bonchev–Trinajstić information content (AvgIpc) is 3.04. The summed E-state index contributed by atoms with van der Waals surface area (Å²) in [7, 11) is 0. The molecule has 3 fully saturated rings. The highest BCUT2D eigenvalue weighted by Gasteiger charge is 2.56. The Morgan fingerprint density at radius 3 is 3.04 bits per heavy atom. The molecule has 122 valence electrons. The van der Waals surface area contributed by atoms with Crippen LogP contribution in [0.25, 0.3) is 0 Å². The van der Waals surface area contributed by atoms with E-state index in [4.69, 9.17) is 4.74 Å². The van der Waals surface area contributed by atoms with Gasteiger partial charge in [0.15, 0.2) is 0 Å². The fourth-order valence-corrected chi connectivity index (χ4v) is 4.86. The lowest BCUT2D eigenvalue weighted by Gasteiger charge is -2.22. The normalized spacial score (nSPS) is 29.5. The first kappa shape index (κ1) is 14.9. The smallest absolute Gasteiger partial charge is 0.313 e. The van der Waals surface area contributed by atoms with Gasteiger partial charge in [0.25, 0.3) is 5.91 Å². The molecule has 1 aromatic rings. The Kier molecular flexibility index (Phi) is 3.56. The number of nitrogens with one attached hydrogen (secondary N) is 1. The lowest BCUT2D eigenvalue weighted by molar-refractivity contribution is -0.146. The molecule has 1 aliphatic heterocycles. The van der Waals surface area contributed by atoms with Crippen molar-refractivity contribution >= 4 is 23.2 Å². The van der Waals surface area contributed by atoms with Crippen LogP contribution in [0, 0.1) is 17.3 Å². The highest BCUT2D eigenvalue weighted by atomic mass is 32.1. The second-order valence-electron chi connectivity index (χ2n) is 7.18. The zero-order valence-corrected chi connectivity index (χ0v) is 13.9. The molecule has 2 unspecified atom stereocenters. The number of fused-ring (bicyclic) bond motifs is 1. The van der Waals surface area contributed by atoms with Crippen molar-refractivity contribution < 1.29 is 14.3 Å². The van der Waals surface area contributed by atoms with Gasteiger partial charge in [0.05, 0.1) is 16.9 Å². The number of ether oxygens (including phenoxy) is 1. The Labute approximate surface area is 139 Å². The minimum Gasteiger partial charge on any atom is -0.465 e. The standard InChI is InChI=1S/C18H21NO3S/c1-11-6-13-10-22-17(21)18(13,7-11)8-14-4-5-15(23-14)16(20)19-9-12-2-3-12/h4-5,12-13H,1-3,6-10H2,(H,19,20). The van der Waals surface area contributed by atoms with Gasteiger partial charge in [-0.1, -0.05) is 12.2 Å². The molecule has 4 nitrogen and oxygen atoms in total. The number of carbonyl (C=O) groups is 2. The van der Waals surface area contributed by atoms with Crippen molar-refractivity contribution in [3.05, 3.63) is 34.0 Å². The first-order valence-corrected chi connectivity index (χ1v) is 9.09. The molecule has 23 heavy (non-hydrogen) atoms. The second kappa shape index (κ2) is 5.48. The van der Waals surface area contributed by atoms with Crippen molar-refractivity contribution in [2.24, 2.45) is 17.3 Å². The quantitative estimate of drug-likeness (QED) is 0.667. The van der Waals surface area contributed by atoms with Gasteiger partial charge in [-0.05, 0) is 50.2 Å². The van der Waals surface area contributed by atoms with Crippen molar-refractivity contribution in [3.63, 3.8) is 0 Å². The summed E-state index contributed by atoms with van der Waals surface area (Å²) in [4.78, 5) is 26.3. The van der Waals surface area contributed by atoms with Crippen LogP contribution >= 0.6 is 11.3 Å². The molecule has 5 heteroatoms. The molecular formula is C18H21NO3S. The van der Waals surface area contributed by atoms with Gasteiger partial charge in [-0.15, -0.1) is 11.3 Å². The molecule has 1 saturated heterocycles. The van der Waals surface area contributed by atoms with Gasteiger partial charge in [-0.2, -0.15) is 0 Å². The lowest BCUT2D eigenvalue weighted by Crippen LogP contribution is -2.31. The fraction of sp³-hybridized carbons (Fsp3) is 0.556. The highest BCUT2D eigenvalue weighted by molar-refractivity contribution is 7.14. The zero-order valence-electron chi connectivity index (χ0n) is 13.1. The van der Waals surface area contributed by atoms with Gasteiger partial charge in [0, 0.05) is 17.3 Å². The molecule has 0 aromatic carbocycles. The number of allylic oxidation sites excluding steroid dienone is 1. The van der Waals surface area contributed by atoms with Gasteiger partial charge in [0.1, 0.15) is 0 Å². The minimum absolute atomic E-state index is 0.00651. The summed E-state index contributed by atoms with van der Waals surface area (Å²) in [6, 6.07) is 3.85. The van der Waals surface area contributed by atoms with E-state index in [0.29, 0.717) is 18.9 Å². The van der Waals surface area contributed by atoms with Crippen LogP contribution in [-0.2, 0) is 16.0 Å². The van der Waals surface area contributed by atoms with Crippen LogP contribution in [0.15, 0.2) is 24.3 Å². The monoisotopic (exact) mass is 331 g/mol. The Hall–Kier alpha value is -1.62. The lowest BCUT2D eigenvalue weighted by atomic mass is 9.77. The van der Waals surface area contributed by atoms with E-state index in [0.717, 1.165) is 34.7 Å². The summed E-state index contributed by atoms with van der Waals surface area (Å²) in [6.45, 7) is 5.36. The first-order chi connectivity index (χ1) is 11.1. The van der Waals surface area contributed by atoms with E-state index in [1.54, 1.807) is 0 Å². The summed E-state index contributed by atoms with van der Waals surface area (Å²) in [5.74, 6) is 0.842. The molecule has 2 aliphatic carbocycles. The molecule has 1 amide bonds. The van der Waals surface area contributed by atoms with Crippen LogP contribution in [0.2, 0.25) is 0 Å². The summed E-state index contributed by atoms with van der Waals surface area (Å²) >= 11 is 1.50. The van der Waals surface area contributed by atoms with Crippen LogP contribution in [0.4, 0.5) is 0 Å². The maximum absolute atomic E-state index is 12.3. The molecule has 4 rings (SSSR count). The predicted octanol–water partition coefficient (Wildman–Crippen LogP) is 2.94. The van der Waals surface area contributed by atoms with E-state index in [1.165, 1.54) is 24.2 Å². The van der Waals surface area contributed by atoms with Crippen LogP contribution in [0.5, 0.6) is 0 Å². The number of hydrogen-bond acceptors (Lipinski definition) is 4.